The van der Waals surface area contributed by atoms with Gasteiger partial charge in [-0.05, 0) is 30.4 Å². The number of anilines is 1. The maximum atomic E-state index is 6.27. The van der Waals surface area contributed by atoms with Gasteiger partial charge in [0.2, 0.25) is 0 Å². The highest BCUT2D eigenvalue weighted by molar-refractivity contribution is 7.26. The molecule has 1 aliphatic carbocycles. The molecule has 1 fully saturated rings. The van der Waals surface area contributed by atoms with Gasteiger partial charge in [-0.15, -0.1) is 11.3 Å². The smallest absolute Gasteiger partial charge is 0.150 e. The Morgan fingerprint density at radius 3 is 2.83 bits per heavy atom. The van der Waals surface area contributed by atoms with Gasteiger partial charge in [0.1, 0.15) is 22.1 Å². The molecule has 3 aromatic heterocycles. The molecule has 0 aromatic carbocycles. The van der Waals surface area contributed by atoms with Crippen LogP contribution in [0.1, 0.15) is 17.5 Å². The minimum absolute atomic E-state index is 0.526. The van der Waals surface area contributed by atoms with Crippen LogP contribution in [0.3, 0.4) is 0 Å². The first kappa shape index (κ1) is 13.9. The molecule has 0 atom stereocenters. The van der Waals surface area contributed by atoms with Crippen molar-refractivity contribution in [3.8, 4) is 0 Å². The van der Waals surface area contributed by atoms with Gasteiger partial charge in [0, 0.05) is 18.5 Å². The molecule has 0 bridgehead atoms. The molecule has 5 nitrogen and oxygen atoms in total. The summed E-state index contributed by atoms with van der Waals surface area (Å²) in [5, 5.41) is 1.72. The van der Waals surface area contributed by atoms with Crippen LogP contribution in [-0.4, -0.2) is 41.3 Å². The number of nitrogens with zero attached hydrogens (tertiary/aromatic N) is 4. The Hall–Kier alpha value is -1.50. The van der Waals surface area contributed by atoms with Crippen LogP contribution in [0, 0.1) is 0 Å². The summed E-state index contributed by atoms with van der Waals surface area (Å²) >= 11 is 7.88. The van der Waals surface area contributed by atoms with Crippen molar-refractivity contribution in [1.82, 2.24) is 15.0 Å². The van der Waals surface area contributed by atoms with Crippen molar-refractivity contribution in [2.24, 2.45) is 0 Å². The number of hydrogen-bond donors (Lipinski definition) is 0. The van der Waals surface area contributed by atoms with Crippen LogP contribution >= 0.6 is 22.9 Å². The molecule has 7 heteroatoms. The number of thiophene rings is 1. The van der Waals surface area contributed by atoms with E-state index in [0.29, 0.717) is 5.15 Å². The molecule has 23 heavy (non-hydrogen) atoms. The number of ether oxygens (including phenoxy) is 1. The van der Waals surface area contributed by atoms with E-state index in [1.165, 1.54) is 22.9 Å². The second-order valence-electron chi connectivity index (χ2n) is 5.97. The number of morpholine rings is 1. The number of fused-ring (bicyclic) bond motifs is 5. The fraction of sp³-hybridized carbons (Fsp3) is 0.438. The molecule has 0 saturated carbocycles. The lowest BCUT2D eigenvalue weighted by Crippen LogP contribution is -2.37. The summed E-state index contributed by atoms with van der Waals surface area (Å²) in [6.07, 6.45) is 4.93. The molecule has 0 spiro atoms. The highest BCUT2D eigenvalue weighted by Gasteiger charge is 2.27. The van der Waals surface area contributed by atoms with Gasteiger partial charge >= 0.3 is 0 Å². The molecule has 0 N–H and O–H groups in total. The average Bonchev–Trinajstić information content (AvgIpc) is 3.19. The highest BCUT2D eigenvalue weighted by atomic mass is 35.5. The summed E-state index contributed by atoms with van der Waals surface area (Å²) < 4.78 is 6.44. The van der Waals surface area contributed by atoms with Crippen LogP contribution in [0.5, 0.6) is 0 Å². The van der Waals surface area contributed by atoms with Crippen molar-refractivity contribution in [3.05, 3.63) is 22.6 Å². The zero-order valence-corrected chi connectivity index (χ0v) is 14.1. The van der Waals surface area contributed by atoms with Gasteiger partial charge in [0.15, 0.2) is 0 Å². The second-order valence-corrected chi connectivity index (χ2v) is 7.33. The van der Waals surface area contributed by atoms with Crippen molar-refractivity contribution in [1.29, 1.82) is 0 Å². The van der Waals surface area contributed by atoms with E-state index < -0.39 is 0 Å². The fourth-order valence-corrected chi connectivity index (χ4v) is 4.97. The van der Waals surface area contributed by atoms with Crippen molar-refractivity contribution in [2.75, 3.05) is 31.2 Å². The Morgan fingerprint density at radius 2 is 1.96 bits per heavy atom. The molecular weight excluding hydrogens is 332 g/mol. The van der Waals surface area contributed by atoms with Crippen molar-refractivity contribution in [2.45, 2.75) is 19.3 Å². The van der Waals surface area contributed by atoms with Crippen LogP contribution in [-0.2, 0) is 17.6 Å². The quantitative estimate of drug-likeness (QED) is 0.633. The number of halogens is 1. The Bertz CT molecular complexity index is 919. The third-order valence-electron chi connectivity index (χ3n) is 4.72. The van der Waals surface area contributed by atoms with Gasteiger partial charge in [-0.25, -0.2) is 15.0 Å². The maximum absolute atomic E-state index is 6.27. The zero-order chi connectivity index (χ0) is 15.4. The first-order chi connectivity index (χ1) is 11.3. The summed E-state index contributed by atoms with van der Waals surface area (Å²) in [6.45, 7) is 3.38. The van der Waals surface area contributed by atoms with E-state index in [1.807, 2.05) is 0 Å². The van der Waals surface area contributed by atoms with Crippen LogP contribution < -0.4 is 4.90 Å². The van der Waals surface area contributed by atoms with Crippen LogP contribution in [0.2, 0.25) is 5.15 Å². The monoisotopic (exact) mass is 346 g/mol. The van der Waals surface area contributed by atoms with Gasteiger partial charge < -0.3 is 9.64 Å². The number of pyridine rings is 1. The normalized spacial score (nSPS) is 18.0. The molecular formula is C16H15ClN4OS. The van der Waals surface area contributed by atoms with E-state index >= 15 is 0 Å². The first-order valence-electron chi connectivity index (χ1n) is 7.90. The van der Waals surface area contributed by atoms with E-state index in [1.54, 1.807) is 17.7 Å². The Kier molecular flexibility index (Phi) is 3.18. The van der Waals surface area contributed by atoms with Gasteiger partial charge in [0.25, 0.3) is 0 Å². The minimum Gasteiger partial charge on any atom is -0.378 e. The number of aryl methyl sites for hydroxylation is 1. The maximum Gasteiger partial charge on any atom is 0.150 e. The lowest BCUT2D eigenvalue weighted by atomic mass is 10.1. The molecule has 1 saturated heterocycles. The third kappa shape index (κ3) is 2.05. The Labute approximate surface area is 142 Å². The first-order valence-corrected chi connectivity index (χ1v) is 9.09. The van der Waals surface area contributed by atoms with E-state index in [0.717, 1.165) is 60.0 Å². The fourth-order valence-electron chi connectivity index (χ4n) is 3.69. The molecule has 3 aromatic rings. The predicted molar refractivity (Wildman–Crippen MR) is 92.8 cm³/mol. The standard InChI is InChI=1S/C16H15ClN4OS/c17-14-13-12(18-8-19-14)11-9-2-1-3-10(9)15(20-16(11)23-13)21-4-6-22-7-5-21/h8H,1-7H2. The number of rotatable bonds is 1. The summed E-state index contributed by atoms with van der Waals surface area (Å²) in [4.78, 5) is 17.0. The minimum atomic E-state index is 0.526. The van der Waals surface area contributed by atoms with Crippen molar-refractivity contribution >= 4 is 49.2 Å². The summed E-state index contributed by atoms with van der Waals surface area (Å²) in [5.74, 6) is 1.14. The lowest BCUT2D eigenvalue weighted by molar-refractivity contribution is 0.122. The van der Waals surface area contributed by atoms with Gasteiger partial charge in [0.05, 0.1) is 23.4 Å². The van der Waals surface area contributed by atoms with Crippen molar-refractivity contribution in [3.63, 3.8) is 0 Å². The van der Waals surface area contributed by atoms with Crippen LogP contribution in [0.25, 0.3) is 20.4 Å². The average molecular weight is 347 g/mol. The molecule has 0 radical (unpaired) electrons. The third-order valence-corrected chi connectivity index (χ3v) is 6.20. The zero-order valence-electron chi connectivity index (χ0n) is 12.5. The van der Waals surface area contributed by atoms with E-state index in [4.69, 9.17) is 21.3 Å². The topological polar surface area (TPSA) is 51.1 Å². The predicted octanol–water partition coefficient (Wildman–Crippen LogP) is 3.22. The molecule has 1 aliphatic heterocycles. The molecule has 4 heterocycles. The van der Waals surface area contributed by atoms with Crippen LogP contribution in [0.4, 0.5) is 5.82 Å². The summed E-state index contributed by atoms with van der Waals surface area (Å²) in [5.41, 5.74) is 3.77. The molecule has 2 aliphatic rings. The Balaban J connectivity index is 1.81. The number of hydrogen-bond acceptors (Lipinski definition) is 6. The van der Waals surface area contributed by atoms with Crippen molar-refractivity contribution < 1.29 is 4.74 Å². The lowest BCUT2D eigenvalue weighted by Gasteiger charge is -2.29. The molecule has 118 valence electrons. The van der Waals surface area contributed by atoms with E-state index in [-0.39, 0.29) is 0 Å². The van der Waals surface area contributed by atoms with Crippen LogP contribution in [0.15, 0.2) is 6.33 Å². The molecule has 0 unspecified atom stereocenters. The number of aromatic nitrogens is 3. The van der Waals surface area contributed by atoms with Gasteiger partial charge in [-0.1, -0.05) is 11.6 Å². The second kappa shape index (κ2) is 5.26. The van der Waals surface area contributed by atoms with E-state index in [2.05, 4.69) is 14.9 Å². The Morgan fingerprint density at radius 1 is 1.13 bits per heavy atom. The molecule has 0 amide bonds. The summed E-state index contributed by atoms with van der Waals surface area (Å²) in [6, 6.07) is 0. The summed E-state index contributed by atoms with van der Waals surface area (Å²) in [7, 11) is 0. The highest BCUT2D eigenvalue weighted by Crippen LogP contribution is 2.43. The molecule has 5 rings (SSSR count). The van der Waals surface area contributed by atoms with E-state index in [9.17, 15) is 0 Å². The largest absolute Gasteiger partial charge is 0.378 e. The SMILES string of the molecule is Clc1ncnc2c1sc1nc(N3CCOCC3)c3c(c12)CCC3. The van der Waals surface area contributed by atoms with Gasteiger partial charge in [-0.2, -0.15) is 0 Å². The van der Waals surface area contributed by atoms with Gasteiger partial charge in [-0.3, -0.25) is 0 Å².